The lowest BCUT2D eigenvalue weighted by molar-refractivity contribution is 0.0823. The van der Waals surface area contributed by atoms with Crippen LogP contribution in [0.2, 0.25) is 0 Å². The van der Waals surface area contributed by atoms with Crippen LogP contribution < -0.4 is 0 Å². The van der Waals surface area contributed by atoms with Gasteiger partial charge in [0.25, 0.3) is 0 Å². The maximum absolute atomic E-state index is 9.26. The van der Waals surface area contributed by atoms with Gasteiger partial charge in [0.1, 0.15) is 0 Å². The fourth-order valence-corrected chi connectivity index (χ4v) is 5.94. The summed E-state index contributed by atoms with van der Waals surface area (Å²) in [7, 11) is 0. The first-order chi connectivity index (χ1) is 13.5. The van der Waals surface area contributed by atoms with Gasteiger partial charge in [0.05, 0.1) is 6.61 Å². The molecular formula is C23H29IN2OS. The Morgan fingerprint density at radius 2 is 1.82 bits per heavy atom. The van der Waals surface area contributed by atoms with E-state index in [1.807, 2.05) is 11.8 Å². The quantitative estimate of drug-likeness (QED) is 0.602. The van der Waals surface area contributed by atoms with Gasteiger partial charge in [-0.2, -0.15) is 0 Å². The van der Waals surface area contributed by atoms with Gasteiger partial charge in [-0.1, -0.05) is 37.7 Å². The van der Waals surface area contributed by atoms with Crippen molar-refractivity contribution >= 4 is 34.4 Å². The average molecular weight is 508 g/mol. The summed E-state index contributed by atoms with van der Waals surface area (Å²) in [6.45, 7) is 9.84. The summed E-state index contributed by atoms with van der Waals surface area (Å²) in [5.74, 6) is 0.545. The Bertz CT molecular complexity index is 833. The van der Waals surface area contributed by atoms with Gasteiger partial charge < -0.3 is 5.11 Å². The number of benzene rings is 2. The highest BCUT2D eigenvalue weighted by atomic mass is 127. The van der Waals surface area contributed by atoms with Gasteiger partial charge in [-0.3, -0.25) is 9.80 Å². The van der Waals surface area contributed by atoms with Crippen molar-refractivity contribution in [3.63, 3.8) is 0 Å². The Balaban J connectivity index is 1.70. The number of rotatable bonds is 4. The molecule has 0 aromatic heterocycles. The van der Waals surface area contributed by atoms with Crippen molar-refractivity contribution in [2.75, 3.05) is 39.3 Å². The predicted octanol–water partition coefficient (Wildman–Crippen LogP) is 4.77. The molecule has 150 valence electrons. The van der Waals surface area contributed by atoms with Gasteiger partial charge in [0.2, 0.25) is 0 Å². The molecule has 2 aromatic carbocycles. The molecule has 0 saturated carbocycles. The summed E-state index contributed by atoms with van der Waals surface area (Å²) in [4.78, 5) is 7.86. The van der Waals surface area contributed by atoms with Crippen molar-refractivity contribution in [1.29, 1.82) is 0 Å². The molecule has 1 saturated heterocycles. The molecule has 3 nitrogen and oxygen atoms in total. The molecule has 2 aromatic rings. The van der Waals surface area contributed by atoms with Crippen LogP contribution in [-0.2, 0) is 6.42 Å². The van der Waals surface area contributed by atoms with Gasteiger partial charge in [-0.05, 0) is 75.9 Å². The molecule has 0 spiro atoms. The average Bonchev–Trinajstić information content (AvgIpc) is 2.84. The molecular weight excluding hydrogens is 479 g/mol. The first-order valence-corrected chi connectivity index (χ1v) is 12.1. The highest BCUT2D eigenvalue weighted by molar-refractivity contribution is 14.1. The molecule has 1 atom stereocenters. The highest BCUT2D eigenvalue weighted by Crippen LogP contribution is 2.44. The van der Waals surface area contributed by atoms with E-state index in [1.54, 1.807) is 0 Å². The lowest BCUT2D eigenvalue weighted by Crippen LogP contribution is -2.48. The van der Waals surface area contributed by atoms with E-state index < -0.39 is 0 Å². The molecule has 1 fully saturated rings. The van der Waals surface area contributed by atoms with E-state index in [9.17, 15) is 5.11 Å². The van der Waals surface area contributed by atoms with Gasteiger partial charge in [0, 0.05) is 52.1 Å². The summed E-state index contributed by atoms with van der Waals surface area (Å²) in [6.07, 6.45) is 1.08. The second-order valence-corrected chi connectivity index (χ2v) is 10.5. The van der Waals surface area contributed by atoms with Crippen LogP contribution in [0.4, 0.5) is 0 Å². The van der Waals surface area contributed by atoms with Crippen LogP contribution >= 0.6 is 34.4 Å². The molecule has 0 radical (unpaired) electrons. The number of nitrogens with zero attached hydrogens (tertiary/aromatic N) is 2. The summed E-state index contributed by atoms with van der Waals surface area (Å²) in [6, 6.07) is 14.4. The molecule has 1 N–H and O–H groups in total. The van der Waals surface area contributed by atoms with Crippen LogP contribution in [0, 0.1) is 3.57 Å². The zero-order valence-electron chi connectivity index (χ0n) is 16.7. The predicted molar refractivity (Wildman–Crippen MR) is 125 cm³/mol. The number of halogens is 1. The monoisotopic (exact) mass is 508 g/mol. The Morgan fingerprint density at radius 3 is 2.54 bits per heavy atom. The van der Waals surface area contributed by atoms with Gasteiger partial charge >= 0.3 is 0 Å². The normalized spacial score (nSPS) is 20.7. The molecule has 1 unspecified atom stereocenters. The van der Waals surface area contributed by atoms with Crippen LogP contribution in [0.25, 0.3) is 0 Å². The fourth-order valence-electron chi connectivity index (χ4n) is 4.29. The number of β-amino-alcohol motifs (C(OH)–C–C–N with tert-alkyl or cyclic N) is 1. The van der Waals surface area contributed by atoms with Gasteiger partial charge in [0.15, 0.2) is 0 Å². The minimum atomic E-state index is 0.256. The van der Waals surface area contributed by atoms with Crippen LogP contribution in [-0.4, -0.2) is 54.2 Å². The fraction of sp³-hybridized carbons (Fsp3) is 0.478. The SMILES string of the molecule is CC(C)c1ccc2c(c1)C(N1CCN(CCO)CC1)Cc1cc(I)ccc1S2. The molecule has 2 aliphatic heterocycles. The van der Waals surface area contributed by atoms with Crippen molar-refractivity contribution in [2.24, 2.45) is 0 Å². The topological polar surface area (TPSA) is 26.7 Å². The van der Waals surface area contributed by atoms with E-state index in [1.165, 1.54) is 30.1 Å². The second kappa shape index (κ2) is 9.04. The summed E-state index contributed by atoms with van der Waals surface area (Å²) < 4.78 is 1.32. The zero-order chi connectivity index (χ0) is 19.7. The van der Waals surface area contributed by atoms with Crippen molar-refractivity contribution in [3.05, 3.63) is 56.7 Å². The maximum Gasteiger partial charge on any atom is 0.0558 e. The summed E-state index contributed by atoms with van der Waals surface area (Å²) >= 11 is 4.37. The Hall–Kier alpha value is -0.600. The van der Waals surface area contributed by atoms with Crippen molar-refractivity contribution in [2.45, 2.75) is 42.0 Å². The minimum Gasteiger partial charge on any atom is -0.395 e. The molecule has 28 heavy (non-hydrogen) atoms. The Kier molecular flexibility index (Phi) is 6.67. The maximum atomic E-state index is 9.26. The van der Waals surface area contributed by atoms with E-state index in [2.05, 4.69) is 82.6 Å². The standard InChI is InChI=1S/C23H29IN2OS/c1-16(2)17-3-5-23-20(14-17)21(26-9-7-25(8-10-26)11-12-27)15-18-13-19(24)4-6-22(18)28-23/h3-6,13-14,16,21,27H,7-12,15H2,1-2H3. The second-order valence-electron chi connectivity index (χ2n) is 8.13. The molecule has 0 bridgehead atoms. The van der Waals surface area contributed by atoms with Crippen molar-refractivity contribution < 1.29 is 5.11 Å². The third-order valence-electron chi connectivity index (χ3n) is 5.98. The molecule has 4 rings (SSSR count). The molecule has 2 heterocycles. The minimum absolute atomic E-state index is 0.256. The first kappa shape index (κ1) is 20.7. The smallest absolute Gasteiger partial charge is 0.0558 e. The summed E-state index contributed by atoms with van der Waals surface area (Å²) in [5.41, 5.74) is 4.41. The molecule has 0 aliphatic carbocycles. The molecule has 5 heteroatoms. The summed E-state index contributed by atoms with van der Waals surface area (Å²) in [5, 5.41) is 9.26. The van der Waals surface area contributed by atoms with Gasteiger partial charge in [-0.15, -0.1) is 0 Å². The van der Waals surface area contributed by atoms with Crippen LogP contribution in [0.15, 0.2) is 46.2 Å². The molecule has 0 amide bonds. The number of aliphatic hydroxyl groups excluding tert-OH is 1. The number of hydrogen-bond acceptors (Lipinski definition) is 4. The van der Waals surface area contributed by atoms with Crippen molar-refractivity contribution in [1.82, 2.24) is 9.80 Å². The van der Waals surface area contributed by atoms with E-state index in [4.69, 9.17) is 0 Å². The lowest BCUT2D eigenvalue weighted by atomic mass is 9.93. The van der Waals surface area contributed by atoms with E-state index >= 15 is 0 Å². The third-order valence-corrected chi connectivity index (χ3v) is 7.86. The number of aliphatic hydroxyl groups is 1. The van der Waals surface area contributed by atoms with Crippen LogP contribution in [0.5, 0.6) is 0 Å². The third kappa shape index (κ3) is 4.43. The molecule has 2 aliphatic rings. The Labute approximate surface area is 186 Å². The van der Waals surface area contributed by atoms with E-state index in [0.29, 0.717) is 12.0 Å². The number of fused-ring (bicyclic) bond motifs is 2. The van der Waals surface area contributed by atoms with Crippen LogP contribution in [0.1, 0.15) is 42.5 Å². The zero-order valence-corrected chi connectivity index (χ0v) is 19.7. The van der Waals surface area contributed by atoms with E-state index in [0.717, 1.165) is 39.1 Å². The number of piperazine rings is 1. The Morgan fingerprint density at radius 1 is 1.07 bits per heavy atom. The number of hydrogen-bond donors (Lipinski definition) is 1. The highest BCUT2D eigenvalue weighted by Gasteiger charge is 2.30. The lowest BCUT2D eigenvalue weighted by Gasteiger charge is -2.39. The van der Waals surface area contributed by atoms with Gasteiger partial charge in [-0.25, -0.2) is 0 Å². The van der Waals surface area contributed by atoms with Crippen molar-refractivity contribution in [3.8, 4) is 0 Å². The largest absolute Gasteiger partial charge is 0.395 e. The first-order valence-electron chi connectivity index (χ1n) is 10.2. The van der Waals surface area contributed by atoms with E-state index in [-0.39, 0.29) is 6.61 Å². The van der Waals surface area contributed by atoms with Crippen LogP contribution in [0.3, 0.4) is 0 Å².